The third kappa shape index (κ3) is 4.35. The zero-order valence-corrected chi connectivity index (χ0v) is 17.1. The van der Waals surface area contributed by atoms with Crippen LogP contribution < -0.4 is 5.32 Å². The highest BCUT2D eigenvalue weighted by Gasteiger charge is 2.45. The van der Waals surface area contributed by atoms with Gasteiger partial charge in [0.15, 0.2) is 0 Å². The number of fused-ring (bicyclic) bond motifs is 1. The van der Waals surface area contributed by atoms with E-state index in [0.717, 1.165) is 6.07 Å². The van der Waals surface area contributed by atoms with Crippen LogP contribution in [0.2, 0.25) is 5.02 Å². The van der Waals surface area contributed by atoms with Gasteiger partial charge in [0.2, 0.25) is 0 Å². The predicted molar refractivity (Wildman–Crippen MR) is 109 cm³/mol. The molecule has 2 unspecified atom stereocenters. The Morgan fingerprint density at radius 2 is 1.71 bits per heavy atom. The fourth-order valence-electron chi connectivity index (χ4n) is 4.83. The van der Waals surface area contributed by atoms with Gasteiger partial charge < -0.3 is 15.3 Å². The molecule has 1 aliphatic heterocycles. The van der Waals surface area contributed by atoms with Crippen molar-refractivity contribution in [2.24, 2.45) is 11.8 Å². The first kappa shape index (κ1) is 21.5. The number of likely N-dealkylation sites (tertiary alicyclic amines) is 1. The average Bonchev–Trinajstić information content (AvgIpc) is 3.28. The van der Waals surface area contributed by atoms with E-state index in [1.807, 2.05) is 0 Å². The number of carboxylic acid groups (broad SMARTS) is 1. The molecule has 0 spiro atoms. The molecule has 31 heavy (non-hydrogen) atoms. The van der Waals surface area contributed by atoms with Crippen LogP contribution in [0.25, 0.3) is 0 Å². The van der Waals surface area contributed by atoms with Crippen LogP contribution in [-0.4, -0.2) is 35.1 Å². The molecular weight excluding hydrogens is 433 g/mol. The molecule has 1 heterocycles. The Bertz CT molecular complexity index is 1010. The van der Waals surface area contributed by atoms with Crippen LogP contribution in [0.5, 0.6) is 0 Å². The summed E-state index contributed by atoms with van der Waals surface area (Å²) in [6.07, 6.45) is -3.22. The van der Waals surface area contributed by atoms with Gasteiger partial charge in [-0.25, -0.2) is 9.59 Å². The van der Waals surface area contributed by atoms with E-state index >= 15 is 0 Å². The summed E-state index contributed by atoms with van der Waals surface area (Å²) >= 11 is 5.84. The fraction of sp³-hybridized carbons (Fsp3) is 0.364. The van der Waals surface area contributed by atoms with E-state index in [9.17, 15) is 27.9 Å². The van der Waals surface area contributed by atoms with E-state index in [1.165, 1.54) is 24.3 Å². The number of urea groups is 1. The number of hydrogen-bond acceptors (Lipinski definition) is 2. The Hall–Kier alpha value is -2.74. The number of nitrogens with one attached hydrogen (secondary N) is 1. The first-order valence-electron chi connectivity index (χ1n) is 9.88. The number of rotatable bonds is 3. The maximum absolute atomic E-state index is 13.4. The molecule has 2 fully saturated rings. The average molecular weight is 453 g/mol. The van der Waals surface area contributed by atoms with Crippen LogP contribution in [0.15, 0.2) is 42.5 Å². The second-order valence-electron chi connectivity index (χ2n) is 8.10. The lowest BCUT2D eigenvalue weighted by Gasteiger charge is -2.22. The number of aromatic carboxylic acids is 1. The highest BCUT2D eigenvalue weighted by atomic mass is 35.5. The first-order valence-corrected chi connectivity index (χ1v) is 10.3. The number of carbonyl (C=O) groups is 2. The second-order valence-corrected chi connectivity index (χ2v) is 8.54. The van der Waals surface area contributed by atoms with Crippen LogP contribution in [0.3, 0.4) is 0 Å². The molecule has 164 valence electrons. The number of carbonyl (C=O) groups excluding carboxylic acids is 1. The molecule has 0 bridgehead atoms. The molecule has 3 atom stereocenters. The molecular formula is C22H20ClF3N2O3. The van der Waals surface area contributed by atoms with E-state index in [1.54, 1.807) is 17.0 Å². The monoisotopic (exact) mass is 452 g/mol. The molecule has 0 radical (unpaired) electrons. The Kier molecular flexibility index (Phi) is 5.60. The Labute approximate surface area is 181 Å². The summed E-state index contributed by atoms with van der Waals surface area (Å²) in [6, 6.07) is 9.46. The summed E-state index contributed by atoms with van der Waals surface area (Å²) in [4.78, 5) is 25.7. The van der Waals surface area contributed by atoms with Crippen molar-refractivity contribution in [1.29, 1.82) is 0 Å². The van der Waals surface area contributed by atoms with E-state index in [-0.39, 0.29) is 34.0 Å². The lowest BCUT2D eigenvalue weighted by atomic mass is 9.91. The molecule has 2 aliphatic rings. The van der Waals surface area contributed by atoms with Gasteiger partial charge in [0.1, 0.15) is 0 Å². The minimum Gasteiger partial charge on any atom is -0.478 e. The molecule has 2 N–H and O–H groups in total. The van der Waals surface area contributed by atoms with Gasteiger partial charge in [-0.05, 0) is 60.4 Å². The Balaban J connectivity index is 1.43. The molecule has 2 amide bonds. The largest absolute Gasteiger partial charge is 0.478 e. The molecule has 2 aromatic carbocycles. The standard InChI is InChI=1S/C22H20ClF3N2O3/c23-15-5-6-19(17(9-15)20(29)30)27-21(31)28-10-13-7-12(8-14(13)11-28)16-3-1-2-4-18(16)22(24,25)26/h1-6,9,12-14H,7-8,10-11H2,(H,27,31)(H,29,30)/t12?,13-,14?/m1/s1. The Morgan fingerprint density at radius 1 is 1.06 bits per heavy atom. The van der Waals surface area contributed by atoms with Gasteiger partial charge in [-0.2, -0.15) is 13.2 Å². The lowest BCUT2D eigenvalue weighted by molar-refractivity contribution is -0.138. The van der Waals surface area contributed by atoms with E-state index in [2.05, 4.69) is 5.32 Å². The normalized spacial score (nSPS) is 23.0. The number of anilines is 1. The minimum absolute atomic E-state index is 0.107. The van der Waals surface area contributed by atoms with Gasteiger partial charge in [0.25, 0.3) is 0 Å². The number of nitrogens with zero attached hydrogens (tertiary/aromatic N) is 1. The summed E-state index contributed by atoms with van der Waals surface area (Å²) in [5, 5.41) is 12.2. The highest BCUT2D eigenvalue weighted by molar-refractivity contribution is 6.31. The van der Waals surface area contributed by atoms with Crippen LogP contribution in [-0.2, 0) is 6.18 Å². The highest BCUT2D eigenvalue weighted by Crippen LogP contribution is 2.48. The van der Waals surface area contributed by atoms with Crippen LogP contribution >= 0.6 is 11.6 Å². The van der Waals surface area contributed by atoms with Crippen molar-refractivity contribution in [3.8, 4) is 0 Å². The minimum atomic E-state index is -4.39. The van der Waals surface area contributed by atoms with Gasteiger partial charge in [0, 0.05) is 18.1 Å². The third-order valence-corrected chi connectivity index (χ3v) is 6.43. The number of amides is 2. The summed E-state index contributed by atoms with van der Waals surface area (Å²) < 4.78 is 40.1. The maximum Gasteiger partial charge on any atom is 0.416 e. The topological polar surface area (TPSA) is 69.6 Å². The number of hydrogen-bond donors (Lipinski definition) is 2. The first-order chi connectivity index (χ1) is 14.6. The SMILES string of the molecule is O=C(O)c1cc(Cl)ccc1NC(=O)N1CC2CC(c3ccccc3C(F)(F)F)C[C@@H]2C1. The molecule has 1 saturated heterocycles. The molecule has 0 aromatic heterocycles. The summed E-state index contributed by atoms with van der Waals surface area (Å²) in [5.41, 5.74) is -0.216. The summed E-state index contributed by atoms with van der Waals surface area (Å²) in [6.45, 7) is 0.856. The van der Waals surface area contributed by atoms with Gasteiger partial charge in [-0.3, -0.25) is 0 Å². The molecule has 2 aromatic rings. The molecule has 1 saturated carbocycles. The molecule has 9 heteroatoms. The van der Waals surface area contributed by atoms with Crippen molar-refractivity contribution in [3.63, 3.8) is 0 Å². The zero-order chi connectivity index (χ0) is 22.3. The van der Waals surface area contributed by atoms with Gasteiger partial charge in [-0.1, -0.05) is 29.8 Å². The molecule has 5 nitrogen and oxygen atoms in total. The predicted octanol–water partition coefficient (Wildman–Crippen LogP) is 5.71. The van der Waals surface area contributed by atoms with Gasteiger partial charge >= 0.3 is 18.2 Å². The van der Waals surface area contributed by atoms with Crippen LogP contribution in [0, 0.1) is 11.8 Å². The second kappa shape index (κ2) is 8.07. The molecule has 1 aliphatic carbocycles. The Morgan fingerprint density at radius 3 is 2.32 bits per heavy atom. The molecule has 4 rings (SSSR count). The van der Waals surface area contributed by atoms with Crippen molar-refractivity contribution >= 4 is 29.3 Å². The summed E-state index contributed by atoms with van der Waals surface area (Å²) in [7, 11) is 0. The van der Waals surface area contributed by atoms with Gasteiger partial charge in [0.05, 0.1) is 16.8 Å². The maximum atomic E-state index is 13.4. The third-order valence-electron chi connectivity index (χ3n) is 6.20. The quantitative estimate of drug-likeness (QED) is 0.626. The summed E-state index contributed by atoms with van der Waals surface area (Å²) in [5.74, 6) is -1.17. The number of benzene rings is 2. The van der Waals surface area contributed by atoms with Crippen LogP contribution in [0.4, 0.5) is 23.7 Å². The van der Waals surface area contributed by atoms with E-state index < -0.39 is 23.7 Å². The lowest BCUT2D eigenvalue weighted by Crippen LogP contribution is -2.34. The van der Waals surface area contributed by atoms with Gasteiger partial charge in [-0.15, -0.1) is 0 Å². The van der Waals surface area contributed by atoms with Crippen molar-refractivity contribution in [3.05, 3.63) is 64.2 Å². The smallest absolute Gasteiger partial charge is 0.416 e. The van der Waals surface area contributed by atoms with E-state index in [4.69, 9.17) is 11.6 Å². The van der Waals surface area contributed by atoms with Crippen LogP contribution in [0.1, 0.15) is 40.2 Å². The van der Waals surface area contributed by atoms with Crippen molar-refractivity contribution in [1.82, 2.24) is 4.90 Å². The van der Waals surface area contributed by atoms with Crippen molar-refractivity contribution in [2.45, 2.75) is 24.9 Å². The van der Waals surface area contributed by atoms with E-state index in [0.29, 0.717) is 31.5 Å². The fourth-order valence-corrected chi connectivity index (χ4v) is 5.00. The van der Waals surface area contributed by atoms with Crippen molar-refractivity contribution < 1.29 is 27.9 Å². The van der Waals surface area contributed by atoms with Crippen molar-refractivity contribution in [2.75, 3.05) is 18.4 Å². The number of alkyl halides is 3. The number of halogens is 4. The number of carboxylic acids is 1. The zero-order valence-electron chi connectivity index (χ0n) is 16.3.